The van der Waals surface area contributed by atoms with Gasteiger partial charge in [-0.2, -0.15) is 0 Å². The lowest BCUT2D eigenvalue weighted by molar-refractivity contribution is 0.532. The van der Waals surface area contributed by atoms with E-state index >= 15 is 0 Å². The van der Waals surface area contributed by atoms with Gasteiger partial charge >= 0.3 is 0 Å². The summed E-state index contributed by atoms with van der Waals surface area (Å²) in [6, 6.07) is 0. The molecule has 0 heterocycles. The lowest BCUT2D eigenvalue weighted by Gasteiger charge is -2.45. The zero-order chi connectivity index (χ0) is 10.9. The van der Waals surface area contributed by atoms with Crippen LogP contribution in [0, 0.1) is 0 Å². The van der Waals surface area contributed by atoms with Gasteiger partial charge in [-0.05, 0) is 24.7 Å². The van der Waals surface area contributed by atoms with Gasteiger partial charge in [0.05, 0.1) is 0 Å². The normalized spacial score (nSPS) is 20.1. The SMILES string of the molecule is CCC(C)[Si](Cl)(N(C)C)C(C)(C)C. The van der Waals surface area contributed by atoms with Gasteiger partial charge in [0.2, 0.25) is 7.55 Å². The van der Waals surface area contributed by atoms with Crippen molar-refractivity contribution in [1.82, 2.24) is 4.57 Å². The Kier molecular flexibility index (Phi) is 4.48. The summed E-state index contributed by atoms with van der Waals surface area (Å²) in [5.41, 5.74) is 0.629. The molecule has 0 aliphatic rings. The highest BCUT2D eigenvalue weighted by atomic mass is 35.6. The molecule has 80 valence electrons. The van der Waals surface area contributed by atoms with Crippen LogP contribution < -0.4 is 0 Å². The quantitative estimate of drug-likeness (QED) is 0.517. The molecule has 2 unspecified atom stereocenters. The molecular formula is C10H24ClNSi. The van der Waals surface area contributed by atoms with Crippen molar-refractivity contribution in [2.45, 2.75) is 51.6 Å². The Hall–Kier alpha value is 0.467. The van der Waals surface area contributed by atoms with Crippen LogP contribution in [-0.4, -0.2) is 26.2 Å². The summed E-state index contributed by atoms with van der Waals surface area (Å²) in [5, 5.41) is 0.230. The van der Waals surface area contributed by atoms with Gasteiger partial charge in [0.1, 0.15) is 0 Å². The van der Waals surface area contributed by atoms with Crippen LogP contribution in [0.2, 0.25) is 10.6 Å². The average molecular weight is 222 g/mol. The molecule has 0 saturated heterocycles. The highest BCUT2D eigenvalue weighted by Crippen LogP contribution is 2.48. The monoisotopic (exact) mass is 221 g/mol. The number of hydrogen-bond donors (Lipinski definition) is 0. The third-order valence-corrected chi connectivity index (χ3v) is 11.9. The van der Waals surface area contributed by atoms with Crippen LogP contribution >= 0.6 is 11.1 Å². The van der Waals surface area contributed by atoms with Gasteiger partial charge in [0.15, 0.2) is 0 Å². The molecule has 0 spiro atoms. The summed E-state index contributed by atoms with van der Waals surface area (Å²) >= 11 is 6.87. The first kappa shape index (κ1) is 13.5. The van der Waals surface area contributed by atoms with Gasteiger partial charge in [-0.15, -0.1) is 11.1 Å². The van der Waals surface area contributed by atoms with E-state index in [1.54, 1.807) is 0 Å². The second kappa shape index (κ2) is 4.33. The highest BCUT2D eigenvalue weighted by molar-refractivity contribution is 7.20. The number of nitrogens with zero attached hydrogens (tertiary/aromatic N) is 1. The second-order valence-corrected chi connectivity index (χ2v) is 11.6. The Morgan fingerprint density at radius 1 is 1.31 bits per heavy atom. The van der Waals surface area contributed by atoms with Gasteiger partial charge < -0.3 is 4.57 Å². The highest BCUT2D eigenvalue weighted by Gasteiger charge is 2.49. The first-order valence-corrected chi connectivity index (χ1v) is 8.07. The van der Waals surface area contributed by atoms with Crippen molar-refractivity contribution in [2.24, 2.45) is 0 Å². The predicted octanol–water partition coefficient (Wildman–Crippen LogP) is 3.83. The standard InChI is InChI=1S/C10H24ClNSi/c1-8-9(2)13(11,12(6)7)10(3,4)5/h9H,8H2,1-7H3. The molecular weight excluding hydrogens is 198 g/mol. The van der Waals surface area contributed by atoms with Crippen molar-refractivity contribution >= 4 is 18.6 Å². The van der Waals surface area contributed by atoms with Crippen molar-refractivity contribution in [3.8, 4) is 0 Å². The van der Waals surface area contributed by atoms with E-state index in [-0.39, 0.29) is 5.04 Å². The topological polar surface area (TPSA) is 3.24 Å². The molecule has 0 rings (SSSR count). The van der Waals surface area contributed by atoms with Crippen molar-refractivity contribution in [2.75, 3.05) is 14.1 Å². The lowest BCUT2D eigenvalue weighted by atomic mass is 10.2. The van der Waals surface area contributed by atoms with Crippen molar-refractivity contribution in [3.05, 3.63) is 0 Å². The van der Waals surface area contributed by atoms with Gasteiger partial charge in [-0.1, -0.05) is 41.0 Å². The molecule has 0 saturated carbocycles. The Morgan fingerprint density at radius 3 is 1.77 bits per heavy atom. The molecule has 0 aliphatic carbocycles. The van der Waals surface area contributed by atoms with Crippen LogP contribution in [0.25, 0.3) is 0 Å². The molecule has 3 heteroatoms. The predicted molar refractivity (Wildman–Crippen MR) is 64.7 cm³/mol. The van der Waals surface area contributed by atoms with Gasteiger partial charge in [0.25, 0.3) is 0 Å². The van der Waals surface area contributed by atoms with Gasteiger partial charge in [-0.25, -0.2) is 0 Å². The van der Waals surface area contributed by atoms with Crippen LogP contribution in [0.5, 0.6) is 0 Å². The molecule has 0 fully saturated rings. The maximum Gasteiger partial charge on any atom is 0.236 e. The van der Waals surface area contributed by atoms with Crippen LogP contribution in [-0.2, 0) is 0 Å². The fraction of sp³-hybridized carbons (Fsp3) is 1.00. The minimum absolute atomic E-state index is 0.230. The summed E-state index contributed by atoms with van der Waals surface area (Å²) in [5.74, 6) is 0. The Labute approximate surface area is 89.3 Å². The molecule has 2 atom stereocenters. The van der Waals surface area contributed by atoms with Crippen LogP contribution in [0.4, 0.5) is 0 Å². The van der Waals surface area contributed by atoms with E-state index in [0.717, 1.165) is 0 Å². The van der Waals surface area contributed by atoms with Crippen LogP contribution in [0.1, 0.15) is 41.0 Å². The number of hydrogen-bond acceptors (Lipinski definition) is 1. The van der Waals surface area contributed by atoms with E-state index in [0.29, 0.717) is 5.54 Å². The maximum absolute atomic E-state index is 6.87. The van der Waals surface area contributed by atoms with E-state index in [1.165, 1.54) is 6.42 Å². The molecule has 0 aliphatic heterocycles. The Balaban J connectivity index is 4.96. The Bertz CT molecular complexity index is 165. The smallest absolute Gasteiger partial charge is 0.236 e. The fourth-order valence-electron chi connectivity index (χ4n) is 2.12. The molecule has 0 aromatic carbocycles. The van der Waals surface area contributed by atoms with E-state index in [1.807, 2.05) is 0 Å². The number of rotatable bonds is 3. The van der Waals surface area contributed by atoms with Gasteiger partial charge in [0, 0.05) is 0 Å². The fourth-order valence-corrected chi connectivity index (χ4v) is 6.83. The first-order chi connectivity index (χ1) is 5.67. The van der Waals surface area contributed by atoms with E-state index in [4.69, 9.17) is 11.1 Å². The van der Waals surface area contributed by atoms with E-state index < -0.39 is 7.55 Å². The summed E-state index contributed by atoms with van der Waals surface area (Å²) in [6.07, 6.45) is 1.17. The Morgan fingerprint density at radius 2 is 1.69 bits per heavy atom. The molecule has 0 bridgehead atoms. The molecule has 0 radical (unpaired) electrons. The summed E-state index contributed by atoms with van der Waals surface area (Å²) < 4.78 is 2.28. The molecule has 0 N–H and O–H groups in total. The second-order valence-electron chi connectivity index (χ2n) is 5.13. The van der Waals surface area contributed by atoms with Crippen LogP contribution in [0.3, 0.4) is 0 Å². The van der Waals surface area contributed by atoms with Crippen LogP contribution in [0.15, 0.2) is 0 Å². The van der Waals surface area contributed by atoms with Crippen molar-refractivity contribution < 1.29 is 0 Å². The largest absolute Gasteiger partial charge is 0.317 e. The molecule has 0 amide bonds. The number of halogens is 1. The molecule has 13 heavy (non-hydrogen) atoms. The lowest BCUT2D eigenvalue weighted by Crippen LogP contribution is -2.54. The third-order valence-electron chi connectivity index (χ3n) is 2.97. The zero-order valence-corrected chi connectivity index (χ0v) is 11.9. The minimum Gasteiger partial charge on any atom is -0.317 e. The molecule has 0 aromatic heterocycles. The van der Waals surface area contributed by atoms with Crippen molar-refractivity contribution in [1.29, 1.82) is 0 Å². The average Bonchev–Trinajstić information content (AvgIpc) is 1.98. The summed E-state index contributed by atoms with van der Waals surface area (Å²) in [4.78, 5) is 0. The third kappa shape index (κ3) is 2.48. The maximum atomic E-state index is 6.87. The first-order valence-electron chi connectivity index (χ1n) is 5.04. The van der Waals surface area contributed by atoms with E-state index in [2.05, 4.69) is 53.3 Å². The van der Waals surface area contributed by atoms with E-state index in [9.17, 15) is 0 Å². The zero-order valence-electron chi connectivity index (χ0n) is 10.1. The summed E-state index contributed by atoms with van der Waals surface area (Å²) in [6.45, 7) is 11.3. The molecule has 0 aromatic rings. The molecule has 1 nitrogen and oxygen atoms in total. The van der Waals surface area contributed by atoms with Crippen molar-refractivity contribution in [3.63, 3.8) is 0 Å². The summed E-state index contributed by atoms with van der Waals surface area (Å²) in [7, 11) is 2.42. The van der Waals surface area contributed by atoms with Gasteiger partial charge in [-0.3, -0.25) is 0 Å². The minimum atomic E-state index is -1.83.